The summed E-state index contributed by atoms with van der Waals surface area (Å²) in [4.78, 5) is 15.5. The average Bonchev–Trinajstić information content (AvgIpc) is 3.38. The number of sulfonamides is 1. The number of benzene rings is 1. The predicted molar refractivity (Wildman–Crippen MR) is 106 cm³/mol. The number of nitrogens with zero attached hydrogens (tertiary/aromatic N) is 3. The van der Waals surface area contributed by atoms with E-state index in [9.17, 15) is 18.5 Å². The van der Waals surface area contributed by atoms with Gasteiger partial charge in [-0.05, 0) is 49.1 Å². The molecule has 148 valence electrons. The number of aromatic amines is 1. The van der Waals surface area contributed by atoms with Crippen LogP contribution < -0.4 is 15.6 Å². The van der Waals surface area contributed by atoms with E-state index >= 15 is 0 Å². The Labute approximate surface area is 166 Å². The van der Waals surface area contributed by atoms with Gasteiger partial charge in [0.05, 0.1) is 28.4 Å². The number of H-pyrrole nitrogens is 1. The number of aromatic nitrogens is 3. The Bertz CT molecular complexity index is 1330. The van der Waals surface area contributed by atoms with Gasteiger partial charge < -0.3 is 10.3 Å². The second-order valence-corrected chi connectivity index (χ2v) is 9.10. The van der Waals surface area contributed by atoms with Crippen LogP contribution in [0.2, 0.25) is 0 Å². The fraction of sp³-hybridized carbons (Fsp3) is 0.316. The third-order valence-electron chi connectivity index (χ3n) is 5.66. The van der Waals surface area contributed by atoms with Crippen LogP contribution in [0.25, 0.3) is 10.9 Å². The summed E-state index contributed by atoms with van der Waals surface area (Å²) >= 11 is 0. The van der Waals surface area contributed by atoms with Crippen LogP contribution in [-0.4, -0.2) is 23.2 Å². The van der Waals surface area contributed by atoms with Crippen LogP contribution in [0.5, 0.6) is 0 Å². The van der Waals surface area contributed by atoms with Gasteiger partial charge in [0.15, 0.2) is 5.82 Å². The fourth-order valence-corrected chi connectivity index (χ4v) is 5.49. The molecule has 5 rings (SSSR count). The summed E-state index contributed by atoms with van der Waals surface area (Å²) in [7, 11) is -3.44. The number of fused-ring (bicyclic) bond motifs is 2. The van der Waals surface area contributed by atoms with Crippen molar-refractivity contribution < 1.29 is 8.42 Å². The molecule has 1 aliphatic heterocycles. The third kappa shape index (κ3) is 2.82. The zero-order valence-electron chi connectivity index (χ0n) is 15.3. The lowest BCUT2D eigenvalue weighted by atomic mass is 10.1. The molecule has 0 saturated heterocycles. The number of anilines is 2. The van der Waals surface area contributed by atoms with Crippen molar-refractivity contribution in [3.63, 3.8) is 0 Å². The van der Waals surface area contributed by atoms with Crippen LogP contribution in [0.3, 0.4) is 0 Å². The molecule has 9 nitrogen and oxygen atoms in total. The van der Waals surface area contributed by atoms with E-state index in [1.165, 1.54) is 0 Å². The molecule has 0 spiro atoms. The van der Waals surface area contributed by atoms with Gasteiger partial charge in [-0.2, -0.15) is 10.4 Å². The standard InChI is InChI=1S/C19H18N6O3S/c20-9-11-2-1-3-14(11)25-15-6-7-21-19(26)17(15)18(24-25)23-13-4-5-16-12(8-13)10-22-29(16,27)28/h4-8,11,14,22H,1-3,10H2,(H,21,26)(H,23,24)/t11-,14+/m1/s1. The molecule has 1 aliphatic carbocycles. The Balaban J connectivity index is 1.60. The average molecular weight is 410 g/mol. The minimum atomic E-state index is -3.44. The quantitative estimate of drug-likeness (QED) is 0.606. The maximum atomic E-state index is 12.5. The normalized spacial score (nSPS) is 22.4. The van der Waals surface area contributed by atoms with Crippen molar-refractivity contribution in [2.45, 2.75) is 36.7 Å². The molecule has 2 atom stereocenters. The van der Waals surface area contributed by atoms with Gasteiger partial charge in [0.1, 0.15) is 5.39 Å². The Kier molecular flexibility index (Phi) is 3.97. The van der Waals surface area contributed by atoms with Gasteiger partial charge in [-0.25, -0.2) is 13.1 Å². The maximum absolute atomic E-state index is 12.5. The first-order chi connectivity index (χ1) is 14.0. The van der Waals surface area contributed by atoms with Gasteiger partial charge >= 0.3 is 0 Å². The first-order valence-corrected chi connectivity index (χ1v) is 10.9. The smallest absolute Gasteiger partial charge is 0.261 e. The van der Waals surface area contributed by atoms with Crippen LogP contribution in [-0.2, 0) is 16.6 Å². The molecule has 1 aromatic carbocycles. The van der Waals surface area contributed by atoms with Crippen LogP contribution in [0, 0.1) is 17.2 Å². The molecule has 1 saturated carbocycles. The zero-order valence-corrected chi connectivity index (χ0v) is 16.2. The summed E-state index contributed by atoms with van der Waals surface area (Å²) in [6, 6.07) is 9.00. The number of nitriles is 1. The lowest BCUT2D eigenvalue weighted by Crippen LogP contribution is -2.14. The highest BCUT2D eigenvalue weighted by Gasteiger charge is 2.32. The molecule has 3 N–H and O–H groups in total. The van der Waals surface area contributed by atoms with E-state index in [-0.39, 0.29) is 29.0 Å². The van der Waals surface area contributed by atoms with Crippen LogP contribution >= 0.6 is 0 Å². The van der Waals surface area contributed by atoms with Gasteiger partial charge in [0.2, 0.25) is 10.0 Å². The highest BCUT2D eigenvalue weighted by Crippen LogP contribution is 2.38. The molecule has 2 aliphatic rings. The number of rotatable bonds is 3. The lowest BCUT2D eigenvalue weighted by Gasteiger charge is -2.15. The highest BCUT2D eigenvalue weighted by atomic mass is 32.2. The number of hydrogen-bond acceptors (Lipinski definition) is 6. The molecule has 0 bridgehead atoms. The van der Waals surface area contributed by atoms with Crippen molar-refractivity contribution in [2.75, 3.05) is 5.32 Å². The highest BCUT2D eigenvalue weighted by molar-refractivity contribution is 7.89. The molecule has 2 aromatic heterocycles. The molecule has 10 heteroatoms. The second kappa shape index (κ2) is 6.43. The molecule has 0 radical (unpaired) electrons. The van der Waals surface area contributed by atoms with Crippen molar-refractivity contribution in [3.05, 3.63) is 46.4 Å². The molecule has 3 aromatic rings. The molecule has 0 unspecified atom stereocenters. The van der Waals surface area contributed by atoms with E-state index in [4.69, 9.17) is 0 Å². The van der Waals surface area contributed by atoms with Crippen LogP contribution in [0.15, 0.2) is 40.2 Å². The molecular formula is C19H18N6O3S. The Morgan fingerprint density at radius 2 is 2.14 bits per heavy atom. The van der Waals surface area contributed by atoms with Crippen molar-refractivity contribution in [1.29, 1.82) is 5.26 Å². The number of pyridine rings is 1. The monoisotopic (exact) mass is 410 g/mol. The summed E-state index contributed by atoms with van der Waals surface area (Å²) < 4.78 is 28.1. The largest absolute Gasteiger partial charge is 0.338 e. The molecule has 29 heavy (non-hydrogen) atoms. The lowest BCUT2D eigenvalue weighted by molar-refractivity contribution is 0.423. The summed E-state index contributed by atoms with van der Waals surface area (Å²) in [5, 5.41) is 17.7. The van der Waals surface area contributed by atoms with E-state index in [1.54, 1.807) is 35.1 Å². The molecule has 3 heterocycles. The van der Waals surface area contributed by atoms with E-state index in [0.717, 1.165) is 19.3 Å². The Hall–Kier alpha value is -3.16. The molecule has 0 amide bonds. The van der Waals surface area contributed by atoms with Gasteiger partial charge in [0, 0.05) is 18.4 Å². The van der Waals surface area contributed by atoms with Crippen molar-refractivity contribution >= 4 is 32.4 Å². The minimum Gasteiger partial charge on any atom is -0.338 e. The van der Waals surface area contributed by atoms with E-state index in [2.05, 4.69) is 26.2 Å². The Morgan fingerprint density at radius 3 is 2.97 bits per heavy atom. The number of hydrogen-bond donors (Lipinski definition) is 3. The summed E-state index contributed by atoms with van der Waals surface area (Å²) in [6.45, 7) is 0.231. The van der Waals surface area contributed by atoms with E-state index < -0.39 is 10.0 Å². The van der Waals surface area contributed by atoms with E-state index in [1.807, 2.05) is 0 Å². The van der Waals surface area contributed by atoms with Crippen molar-refractivity contribution in [3.8, 4) is 6.07 Å². The first-order valence-electron chi connectivity index (χ1n) is 9.37. The third-order valence-corrected chi connectivity index (χ3v) is 7.16. The Morgan fingerprint density at radius 1 is 1.28 bits per heavy atom. The second-order valence-electron chi connectivity index (χ2n) is 7.37. The van der Waals surface area contributed by atoms with E-state index in [0.29, 0.717) is 28.0 Å². The van der Waals surface area contributed by atoms with Crippen LogP contribution in [0.1, 0.15) is 30.9 Å². The van der Waals surface area contributed by atoms with Gasteiger partial charge in [-0.1, -0.05) is 0 Å². The summed E-state index contributed by atoms with van der Waals surface area (Å²) in [5.74, 6) is 0.251. The van der Waals surface area contributed by atoms with Crippen molar-refractivity contribution in [2.24, 2.45) is 5.92 Å². The van der Waals surface area contributed by atoms with Crippen LogP contribution in [0.4, 0.5) is 11.5 Å². The van der Waals surface area contributed by atoms with Gasteiger partial charge in [-0.15, -0.1) is 0 Å². The fourth-order valence-electron chi connectivity index (χ4n) is 4.27. The predicted octanol–water partition coefficient (Wildman–Crippen LogP) is 2.12. The van der Waals surface area contributed by atoms with Gasteiger partial charge in [-0.3, -0.25) is 9.48 Å². The SMILES string of the molecule is N#C[C@H]1CCC[C@@H]1n1nc(Nc2ccc3c(c2)CNS3(=O)=O)c2c(=O)[nH]ccc21. The molecular weight excluding hydrogens is 392 g/mol. The van der Waals surface area contributed by atoms with Gasteiger partial charge in [0.25, 0.3) is 5.56 Å². The minimum absolute atomic E-state index is 0.0748. The topological polar surface area (TPSA) is 133 Å². The first kappa shape index (κ1) is 17.9. The zero-order chi connectivity index (χ0) is 20.2. The summed E-state index contributed by atoms with van der Waals surface area (Å²) in [6.07, 6.45) is 4.18. The van der Waals surface area contributed by atoms with Crippen molar-refractivity contribution in [1.82, 2.24) is 19.5 Å². The number of nitrogens with one attached hydrogen (secondary N) is 3. The summed E-state index contributed by atoms with van der Waals surface area (Å²) in [5.41, 5.74) is 1.70. The molecule has 1 fully saturated rings. The maximum Gasteiger partial charge on any atom is 0.261 e.